The van der Waals surface area contributed by atoms with Gasteiger partial charge in [-0.05, 0) is 39.7 Å². The van der Waals surface area contributed by atoms with Gasteiger partial charge in [0, 0.05) is 43.8 Å². The van der Waals surface area contributed by atoms with Crippen molar-refractivity contribution in [1.29, 1.82) is 0 Å². The number of rotatable bonds is 2. The number of hydrogen-bond donors (Lipinski definition) is 0. The molecule has 0 aromatic carbocycles. The second kappa shape index (κ2) is 4.75. The predicted molar refractivity (Wildman–Crippen MR) is 77.5 cm³/mol. The maximum Gasteiger partial charge on any atom is 0.133 e. The van der Waals surface area contributed by atoms with Gasteiger partial charge in [0.05, 0.1) is 0 Å². The summed E-state index contributed by atoms with van der Waals surface area (Å²) in [4.78, 5) is 14.1. The van der Waals surface area contributed by atoms with Crippen LogP contribution in [-0.4, -0.2) is 46.6 Å². The highest BCUT2D eigenvalue weighted by Crippen LogP contribution is 2.38. The molecule has 0 unspecified atom stereocenters. The van der Waals surface area contributed by atoms with Crippen LogP contribution in [0.4, 0.5) is 5.82 Å². The fraction of sp³-hybridized carbons (Fsp3) is 0.733. The van der Waals surface area contributed by atoms with Crippen molar-refractivity contribution >= 4 is 5.82 Å². The minimum absolute atomic E-state index is 0.275. The highest BCUT2D eigenvalue weighted by atomic mass is 15.3. The van der Waals surface area contributed by atoms with Crippen molar-refractivity contribution in [2.75, 3.05) is 31.1 Å². The highest BCUT2D eigenvalue weighted by Gasteiger charge is 2.29. The topological polar surface area (TPSA) is 32.3 Å². The Balaban J connectivity index is 1.66. The molecule has 19 heavy (non-hydrogen) atoms. The van der Waals surface area contributed by atoms with Gasteiger partial charge in [-0.25, -0.2) is 9.97 Å². The minimum atomic E-state index is 0.275. The Bertz CT molecular complexity index is 440. The first-order valence-electron chi connectivity index (χ1n) is 7.37. The predicted octanol–water partition coefficient (Wildman–Crippen LogP) is 2.27. The first-order chi connectivity index (χ1) is 9.04. The quantitative estimate of drug-likeness (QED) is 0.816. The number of anilines is 1. The summed E-state index contributed by atoms with van der Waals surface area (Å²) in [6.07, 6.45) is 4.45. The van der Waals surface area contributed by atoms with Gasteiger partial charge in [-0.3, -0.25) is 4.90 Å². The zero-order valence-corrected chi connectivity index (χ0v) is 12.3. The third-order valence-corrected chi connectivity index (χ3v) is 4.15. The van der Waals surface area contributed by atoms with Crippen LogP contribution in [0.1, 0.15) is 45.4 Å². The summed E-state index contributed by atoms with van der Waals surface area (Å²) in [5, 5.41) is 0. The second-order valence-corrected chi connectivity index (χ2v) is 6.69. The van der Waals surface area contributed by atoms with Crippen molar-refractivity contribution in [1.82, 2.24) is 14.9 Å². The lowest BCUT2D eigenvalue weighted by atomic mass is 10.1. The van der Waals surface area contributed by atoms with Crippen molar-refractivity contribution in [2.45, 2.75) is 45.1 Å². The normalized spacial score (nSPS) is 21.7. The van der Waals surface area contributed by atoms with E-state index in [1.807, 2.05) is 6.20 Å². The number of hydrogen-bond acceptors (Lipinski definition) is 4. The molecule has 0 bridgehead atoms. The molecule has 0 N–H and O–H groups in total. The third kappa shape index (κ3) is 2.89. The number of aromatic nitrogens is 2. The molecule has 2 fully saturated rings. The van der Waals surface area contributed by atoms with Crippen LogP contribution in [0.15, 0.2) is 12.3 Å². The third-order valence-electron chi connectivity index (χ3n) is 4.15. The first-order valence-corrected chi connectivity index (χ1v) is 7.37. The van der Waals surface area contributed by atoms with Crippen LogP contribution in [0.3, 0.4) is 0 Å². The van der Waals surface area contributed by atoms with Gasteiger partial charge in [-0.2, -0.15) is 0 Å². The fourth-order valence-corrected chi connectivity index (χ4v) is 2.68. The smallest absolute Gasteiger partial charge is 0.133 e. The van der Waals surface area contributed by atoms with Gasteiger partial charge in [0.15, 0.2) is 0 Å². The van der Waals surface area contributed by atoms with Gasteiger partial charge in [-0.1, -0.05) is 0 Å². The fourth-order valence-electron chi connectivity index (χ4n) is 2.68. The molecular formula is C15H24N4. The molecule has 2 heterocycles. The van der Waals surface area contributed by atoms with Crippen LogP contribution >= 0.6 is 0 Å². The molecule has 1 aliphatic heterocycles. The van der Waals surface area contributed by atoms with Crippen LogP contribution in [0.5, 0.6) is 0 Å². The van der Waals surface area contributed by atoms with Crippen LogP contribution in [0.2, 0.25) is 0 Å². The monoisotopic (exact) mass is 260 g/mol. The second-order valence-electron chi connectivity index (χ2n) is 6.69. The van der Waals surface area contributed by atoms with Gasteiger partial charge in [0.2, 0.25) is 0 Å². The maximum atomic E-state index is 4.74. The molecule has 0 spiro atoms. The van der Waals surface area contributed by atoms with Gasteiger partial charge in [0.25, 0.3) is 0 Å². The molecule has 1 aromatic heterocycles. The molecule has 4 heteroatoms. The maximum absolute atomic E-state index is 4.74. The molecule has 104 valence electrons. The highest BCUT2D eigenvalue weighted by molar-refractivity contribution is 5.38. The van der Waals surface area contributed by atoms with E-state index in [4.69, 9.17) is 4.98 Å². The van der Waals surface area contributed by atoms with Crippen LogP contribution in [0.25, 0.3) is 0 Å². The van der Waals surface area contributed by atoms with Gasteiger partial charge < -0.3 is 4.90 Å². The molecule has 1 aliphatic carbocycles. The van der Waals surface area contributed by atoms with Gasteiger partial charge >= 0.3 is 0 Å². The summed E-state index contributed by atoms with van der Waals surface area (Å²) in [7, 11) is 0. The summed E-state index contributed by atoms with van der Waals surface area (Å²) in [6, 6.07) is 2.05. The molecule has 1 saturated carbocycles. The van der Waals surface area contributed by atoms with Gasteiger partial charge in [0.1, 0.15) is 11.6 Å². The Morgan fingerprint density at radius 1 is 1.11 bits per heavy atom. The van der Waals surface area contributed by atoms with E-state index in [1.54, 1.807) is 0 Å². The lowest BCUT2D eigenvalue weighted by Crippen LogP contribution is -2.53. The van der Waals surface area contributed by atoms with Crippen molar-refractivity contribution in [3.05, 3.63) is 18.1 Å². The molecule has 1 aromatic rings. The van der Waals surface area contributed by atoms with E-state index >= 15 is 0 Å². The van der Waals surface area contributed by atoms with E-state index in [1.165, 1.54) is 12.8 Å². The van der Waals surface area contributed by atoms with E-state index in [9.17, 15) is 0 Å². The summed E-state index contributed by atoms with van der Waals surface area (Å²) in [5.41, 5.74) is 0.275. The molecule has 1 saturated heterocycles. The van der Waals surface area contributed by atoms with Crippen LogP contribution in [-0.2, 0) is 0 Å². The summed E-state index contributed by atoms with van der Waals surface area (Å²) < 4.78 is 0. The van der Waals surface area contributed by atoms with Crippen LogP contribution in [0, 0.1) is 0 Å². The average molecular weight is 260 g/mol. The van der Waals surface area contributed by atoms with Crippen LogP contribution < -0.4 is 4.90 Å². The molecule has 0 radical (unpaired) electrons. The Hall–Kier alpha value is -1.16. The molecule has 0 atom stereocenters. The number of nitrogens with zero attached hydrogens (tertiary/aromatic N) is 4. The van der Waals surface area contributed by atoms with E-state index in [0.717, 1.165) is 37.8 Å². The molecule has 2 aliphatic rings. The van der Waals surface area contributed by atoms with Gasteiger partial charge in [-0.15, -0.1) is 0 Å². The summed E-state index contributed by atoms with van der Waals surface area (Å²) >= 11 is 0. The average Bonchev–Trinajstić information content (AvgIpc) is 3.22. The summed E-state index contributed by atoms with van der Waals surface area (Å²) in [5.74, 6) is 2.80. The number of piperazine rings is 1. The first kappa shape index (κ1) is 12.9. The zero-order valence-electron chi connectivity index (χ0n) is 12.3. The largest absolute Gasteiger partial charge is 0.354 e. The lowest BCUT2D eigenvalue weighted by molar-refractivity contribution is 0.128. The Morgan fingerprint density at radius 3 is 2.37 bits per heavy atom. The Morgan fingerprint density at radius 2 is 1.79 bits per heavy atom. The zero-order chi connectivity index (χ0) is 13.5. The van der Waals surface area contributed by atoms with E-state index in [0.29, 0.717) is 5.92 Å². The minimum Gasteiger partial charge on any atom is -0.354 e. The van der Waals surface area contributed by atoms with Crippen molar-refractivity contribution in [2.24, 2.45) is 0 Å². The Labute approximate surface area is 115 Å². The SMILES string of the molecule is CC(C)(C)N1CCN(c2ccnc(C3CC3)n2)CC1. The summed E-state index contributed by atoms with van der Waals surface area (Å²) in [6.45, 7) is 11.2. The lowest BCUT2D eigenvalue weighted by Gasteiger charge is -2.42. The molecule has 0 amide bonds. The van der Waals surface area contributed by atoms with Crippen molar-refractivity contribution < 1.29 is 0 Å². The Kier molecular flexibility index (Phi) is 3.21. The molecule has 3 rings (SSSR count). The van der Waals surface area contributed by atoms with Crippen molar-refractivity contribution in [3.63, 3.8) is 0 Å². The standard InChI is InChI=1S/C15H24N4/c1-15(2,3)19-10-8-18(9-11-19)13-6-7-16-14(17-13)12-4-5-12/h6-7,12H,4-5,8-11H2,1-3H3. The van der Waals surface area contributed by atoms with E-state index < -0.39 is 0 Å². The van der Waals surface area contributed by atoms with E-state index in [-0.39, 0.29) is 5.54 Å². The molecular weight excluding hydrogens is 236 g/mol. The van der Waals surface area contributed by atoms with E-state index in [2.05, 4.69) is 41.6 Å². The molecule has 4 nitrogen and oxygen atoms in total. The van der Waals surface area contributed by atoms with Crippen molar-refractivity contribution in [3.8, 4) is 0 Å².